The molecule has 1 aromatic rings. The SMILES string of the molecule is CCN(CC)C(=O)C(C)NC(C)c1ccc(O)cc1. The van der Waals surface area contributed by atoms with Crippen LogP contribution in [0.1, 0.15) is 39.3 Å². The van der Waals surface area contributed by atoms with Gasteiger partial charge < -0.3 is 10.0 Å². The summed E-state index contributed by atoms with van der Waals surface area (Å²) in [5, 5.41) is 12.6. The summed E-state index contributed by atoms with van der Waals surface area (Å²) in [5.74, 6) is 0.374. The van der Waals surface area contributed by atoms with Gasteiger partial charge in [0.25, 0.3) is 0 Å². The van der Waals surface area contributed by atoms with Crippen molar-refractivity contribution >= 4 is 5.91 Å². The lowest BCUT2D eigenvalue weighted by molar-refractivity contribution is -0.132. The number of hydrogen-bond donors (Lipinski definition) is 2. The molecule has 106 valence electrons. The van der Waals surface area contributed by atoms with E-state index >= 15 is 0 Å². The molecule has 2 N–H and O–H groups in total. The molecule has 2 atom stereocenters. The Kier molecular flexibility index (Phi) is 5.83. The molecule has 4 heteroatoms. The van der Waals surface area contributed by atoms with Crippen LogP contribution in [0.3, 0.4) is 0 Å². The number of amides is 1. The maximum atomic E-state index is 12.1. The number of rotatable bonds is 6. The van der Waals surface area contributed by atoms with Gasteiger partial charge in [0.2, 0.25) is 5.91 Å². The third kappa shape index (κ3) is 4.24. The van der Waals surface area contributed by atoms with Crippen molar-refractivity contribution in [1.82, 2.24) is 10.2 Å². The zero-order chi connectivity index (χ0) is 14.4. The number of carbonyl (C=O) groups excluding carboxylic acids is 1. The van der Waals surface area contributed by atoms with Crippen molar-refractivity contribution in [2.75, 3.05) is 13.1 Å². The van der Waals surface area contributed by atoms with Crippen molar-refractivity contribution in [2.45, 2.75) is 39.8 Å². The molecular weight excluding hydrogens is 240 g/mol. The molecule has 2 unspecified atom stereocenters. The molecule has 0 saturated carbocycles. The van der Waals surface area contributed by atoms with Gasteiger partial charge in [-0.15, -0.1) is 0 Å². The van der Waals surface area contributed by atoms with Crippen molar-refractivity contribution in [3.05, 3.63) is 29.8 Å². The lowest BCUT2D eigenvalue weighted by Crippen LogP contribution is -2.45. The number of phenolic OH excluding ortho intramolecular Hbond substituents is 1. The fourth-order valence-electron chi connectivity index (χ4n) is 2.11. The van der Waals surface area contributed by atoms with Crippen LogP contribution in [0.25, 0.3) is 0 Å². The van der Waals surface area contributed by atoms with Crippen molar-refractivity contribution in [1.29, 1.82) is 0 Å². The monoisotopic (exact) mass is 264 g/mol. The van der Waals surface area contributed by atoms with Gasteiger partial charge in [-0.05, 0) is 45.4 Å². The van der Waals surface area contributed by atoms with Crippen molar-refractivity contribution in [2.24, 2.45) is 0 Å². The molecule has 19 heavy (non-hydrogen) atoms. The minimum atomic E-state index is -0.219. The van der Waals surface area contributed by atoms with E-state index in [4.69, 9.17) is 0 Å². The molecule has 0 saturated heterocycles. The van der Waals surface area contributed by atoms with Crippen LogP contribution in [-0.2, 0) is 4.79 Å². The molecular formula is C15H24N2O2. The highest BCUT2D eigenvalue weighted by atomic mass is 16.3. The fraction of sp³-hybridized carbons (Fsp3) is 0.533. The first-order chi connectivity index (χ1) is 8.99. The quantitative estimate of drug-likeness (QED) is 0.829. The summed E-state index contributed by atoms with van der Waals surface area (Å²) in [6.45, 7) is 9.33. The summed E-state index contributed by atoms with van der Waals surface area (Å²) in [6.07, 6.45) is 0. The van der Waals surface area contributed by atoms with Crippen LogP contribution in [0.15, 0.2) is 24.3 Å². The van der Waals surface area contributed by atoms with Crippen molar-refractivity contribution < 1.29 is 9.90 Å². The normalized spacial score (nSPS) is 13.9. The third-order valence-electron chi connectivity index (χ3n) is 3.34. The lowest BCUT2D eigenvalue weighted by Gasteiger charge is -2.26. The first-order valence-electron chi connectivity index (χ1n) is 6.83. The second-order valence-electron chi connectivity index (χ2n) is 4.71. The lowest BCUT2D eigenvalue weighted by atomic mass is 10.1. The maximum Gasteiger partial charge on any atom is 0.239 e. The van der Waals surface area contributed by atoms with Crippen LogP contribution >= 0.6 is 0 Å². The van der Waals surface area contributed by atoms with E-state index in [2.05, 4.69) is 5.32 Å². The summed E-state index contributed by atoms with van der Waals surface area (Å²) < 4.78 is 0. The molecule has 0 heterocycles. The Balaban J connectivity index is 2.63. The van der Waals surface area contributed by atoms with E-state index in [-0.39, 0.29) is 23.7 Å². The molecule has 0 aliphatic rings. The molecule has 1 amide bonds. The van der Waals surface area contributed by atoms with E-state index in [0.717, 1.165) is 18.7 Å². The molecule has 1 rings (SSSR count). The Bertz CT molecular complexity index is 399. The Morgan fingerprint density at radius 2 is 1.74 bits per heavy atom. The standard InChI is InChI=1S/C15H24N2O2/c1-5-17(6-2)15(19)12(4)16-11(3)13-7-9-14(18)10-8-13/h7-12,16,18H,5-6H2,1-4H3. The number of benzene rings is 1. The number of nitrogens with one attached hydrogen (secondary N) is 1. The van der Waals surface area contributed by atoms with Crippen LogP contribution in [-0.4, -0.2) is 35.0 Å². The second-order valence-corrected chi connectivity index (χ2v) is 4.71. The van der Waals surface area contributed by atoms with E-state index in [1.807, 2.05) is 44.7 Å². The second kappa shape index (κ2) is 7.14. The van der Waals surface area contributed by atoms with E-state index in [1.54, 1.807) is 12.1 Å². The smallest absolute Gasteiger partial charge is 0.239 e. The molecule has 0 fully saturated rings. The number of hydrogen-bond acceptors (Lipinski definition) is 3. The van der Waals surface area contributed by atoms with Gasteiger partial charge >= 0.3 is 0 Å². The molecule has 0 aliphatic carbocycles. The Morgan fingerprint density at radius 3 is 2.21 bits per heavy atom. The average Bonchev–Trinajstić information content (AvgIpc) is 2.40. The highest BCUT2D eigenvalue weighted by Gasteiger charge is 2.20. The van der Waals surface area contributed by atoms with Crippen LogP contribution in [0, 0.1) is 0 Å². The summed E-state index contributed by atoms with van der Waals surface area (Å²) >= 11 is 0. The zero-order valence-electron chi connectivity index (χ0n) is 12.2. The first kappa shape index (κ1) is 15.5. The minimum absolute atomic E-state index is 0.0649. The van der Waals surface area contributed by atoms with Gasteiger partial charge in [-0.3, -0.25) is 10.1 Å². The third-order valence-corrected chi connectivity index (χ3v) is 3.34. The molecule has 0 spiro atoms. The molecule has 0 aromatic heterocycles. The highest BCUT2D eigenvalue weighted by Crippen LogP contribution is 2.17. The van der Waals surface area contributed by atoms with Crippen molar-refractivity contribution in [3.63, 3.8) is 0 Å². The van der Waals surface area contributed by atoms with E-state index < -0.39 is 0 Å². The van der Waals surface area contributed by atoms with Gasteiger partial charge in [0.05, 0.1) is 6.04 Å². The number of carbonyl (C=O) groups is 1. The summed E-state index contributed by atoms with van der Waals surface area (Å²) in [6, 6.07) is 6.89. The number of phenols is 1. The van der Waals surface area contributed by atoms with Crippen LogP contribution in [0.4, 0.5) is 0 Å². The van der Waals surface area contributed by atoms with Gasteiger partial charge in [0, 0.05) is 19.1 Å². The van der Waals surface area contributed by atoms with Gasteiger partial charge in [-0.1, -0.05) is 12.1 Å². The molecule has 1 aromatic carbocycles. The first-order valence-corrected chi connectivity index (χ1v) is 6.83. The predicted molar refractivity (Wildman–Crippen MR) is 77.0 cm³/mol. The fourth-order valence-corrected chi connectivity index (χ4v) is 2.11. The summed E-state index contributed by atoms with van der Waals surface area (Å²) in [4.78, 5) is 14.0. The van der Waals surface area contributed by atoms with E-state index in [9.17, 15) is 9.90 Å². The van der Waals surface area contributed by atoms with Crippen LogP contribution in [0.5, 0.6) is 5.75 Å². The molecule has 0 radical (unpaired) electrons. The number of aromatic hydroxyl groups is 1. The average molecular weight is 264 g/mol. The minimum Gasteiger partial charge on any atom is -0.508 e. The molecule has 4 nitrogen and oxygen atoms in total. The number of likely N-dealkylation sites (N-methyl/N-ethyl adjacent to an activating group) is 1. The zero-order valence-corrected chi connectivity index (χ0v) is 12.2. The molecule has 0 bridgehead atoms. The van der Waals surface area contributed by atoms with Crippen LogP contribution in [0.2, 0.25) is 0 Å². The highest BCUT2D eigenvalue weighted by molar-refractivity contribution is 5.81. The van der Waals surface area contributed by atoms with Gasteiger partial charge in [0.15, 0.2) is 0 Å². The van der Waals surface area contributed by atoms with Gasteiger partial charge in [-0.2, -0.15) is 0 Å². The van der Waals surface area contributed by atoms with Crippen LogP contribution < -0.4 is 5.32 Å². The maximum absolute atomic E-state index is 12.1. The van der Waals surface area contributed by atoms with E-state index in [0.29, 0.717) is 0 Å². The van der Waals surface area contributed by atoms with Gasteiger partial charge in [0.1, 0.15) is 5.75 Å². The summed E-state index contributed by atoms with van der Waals surface area (Å²) in [5.41, 5.74) is 1.05. The summed E-state index contributed by atoms with van der Waals surface area (Å²) in [7, 11) is 0. The van der Waals surface area contributed by atoms with Crippen molar-refractivity contribution in [3.8, 4) is 5.75 Å². The topological polar surface area (TPSA) is 52.6 Å². The Morgan fingerprint density at radius 1 is 1.21 bits per heavy atom. The molecule has 0 aliphatic heterocycles. The Hall–Kier alpha value is -1.55. The largest absolute Gasteiger partial charge is 0.508 e. The Labute approximate surface area is 115 Å². The van der Waals surface area contributed by atoms with E-state index in [1.165, 1.54) is 0 Å². The van der Waals surface area contributed by atoms with Gasteiger partial charge in [-0.25, -0.2) is 0 Å². The number of nitrogens with zero attached hydrogens (tertiary/aromatic N) is 1. The predicted octanol–water partition coefficient (Wildman–Crippen LogP) is 2.30.